The van der Waals surface area contributed by atoms with Crippen molar-refractivity contribution in [3.8, 4) is 5.75 Å². The Bertz CT molecular complexity index is 488. The van der Waals surface area contributed by atoms with Crippen LogP contribution < -0.4 is 4.74 Å². The number of halogens is 6. The fraction of sp³-hybridized carbons (Fsp3) is 0.333. The van der Waals surface area contributed by atoms with Crippen molar-refractivity contribution >= 4 is 5.97 Å². The topological polar surface area (TPSA) is 59.4 Å². The van der Waals surface area contributed by atoms with Gasteiger partial charge in [-0.25, -0.2) is 13.2 Å². The van der Waals surface area contributed by atoms with Crippen LogP contribution in [0.2, 0.25) is 0 Å². The summed E-state index contributed by atoms with van der Waals surface area (Å²) in [5.74, 6) is -4.91. The van der Waals surface area contributed by atoms with Crippen LogP contribution in [0.5, 0.6) is 5.75 Å². The molecule has 1 N–H and O–H groups in total. The minimum absolute atomic E-state index is 0.205. The van der Waals surface area contributed by atoms with Gasteiger partial charge in [0.25, 0.3) is 6.43 Å². The minimum Gasteiger partial charge on any atom is -0.481 e. The number of nitrogens with zero attached hydrogens (tertiary/aromatic N) is 1. The Morgan fingerprint density at radius 2 is 2.00 bits per heavy atom. The van der Waals surface area contributed by atoms with Crippen molar-refractivity contribution in [1.29, 1.82) is 0 Å². The van der Waals surface area contributed by atoms with Crippen molar-refractivity contribution in [2.45, 2.75) is 19.2 Å². The van der Waals surface area contributed by atoms with Crippen LogP contribution in [0.3, 0.4) is 0 Å². The molecule has 0 saturated heterocycles. The van der Waals surface area contributed by atoms with Crippen molar-refractivity contribution < 1.29 is 41.0 Å². The van der Waals surface area contributed by atoms with Gasteiger partial charge in [0, 0.05) is 0 Å². The average Bonchev–Trinajstić information content (AvgIpc) is 2.19. The number of carboxylic acid groups (broad SMARTS) is 1. The van der Waals surface area contributed by atoms with Gasteiger partial charge in [-0.05, 0) is 0 Å². The summed E-state index contributed by atoms with van der Waals surface area (Å²) in [6.07, 6.45) is -9.76. The molecule has 1 aromatic rings. The number of hydrogen-bond acceptors (Lipinski definition) is 3. The zero-order chi connectivity index (χ0) is 14.8. The molecule has 106 valence electrons. The lowest BCUT2D eigenvalue weighted by Gasteiger charge is -2.14. The van der Waals surface area contributed by atoms with Gasteiger partial charge in [0.1, 0.15) is 0 Å². The van der Waals surface area contributed by atoms with E-state index in [-0.39, 0.29) is 6.20 Å². The maximum Gasteiger partial charge on any atom is 0.573 e. The molecule has 0 radical (unpaired) electrons. The number of aromatic nitrogens is 1. The molecule has 0 spiro atoms. The lowest BCUT2D eigenvalue weighted by atomic mass is 10.1. The second-order valence-corrected chi connectivity index (χ2v) is 3.22. The number of rotatable bonds is 4. The van der Waals surface area contributed by atoms with Gasteiger partial charge in [-0.2, -0.15) is 0 Å². The number of alkyl halides is 5. The quantitative estimate of drug-likeness (QED) is 0.866. The van der Waals surface area contributed by atoms with Gasteiger partial charge in [-0.3, -0.25) is 9.78 Å². The number of hydrogen-bond donors (Lipinski definition) is 1. The maximum absolute atomic E-state index is 13.5. The lowest BCUT2D eigenvalue weighted by Crippen LogP contribution is -2.19. The first-order valence-electron chi connectivity index (χ1n) is 4.54. The van der Waals surface area contributed by atoms with Crippen LogP contribution in [0.4, 0.5) is 26.3 Å². The first-order valence-corrected chi connectivity index (χ1v) is 4.54. The molecule has 0 bridgehead atoms. The molecule has 19 heavy (non-hydrogen) atoms. The van der Waals surface area contributed by atoms with E-state index < -0.39 is 48.0 Å². The summed E-state index contributed by atoms with van der Waals surface area (Å²) in [6.45, 7) is 0. The van der Waals surface area contributed by atoms with Gasteiger partial charge in [-0.15, -0.1) is 13.2 Å². The summed E-state index contributed by atoms with van der Waals surface area (Å²) in [7, 11) is 0. The van der Waals surface area contributed by atoms with Gasteiger partial charge < -0.3 is 9.84 Å². The average molecular weight is 289 g/mol. The summed E-state index contributed by atoms with van der Waals surface area (Å²) in [5, 5.41) is 8.37. The van der Waals surface area contributed by atoms with Gasteiger partial charge in [0.2, 0.25) is 0 Å². The number of carbonyl (C=O) groups is 1. The van der Waals surface area contributed by atoms with E-state index in [9.17, 15) is 31.1 Å². The van der Waals surface area contributed by atoms with E-state index in [1.165, 1.54) is 0 Å². The fourth-order valence-electron chi connectivity index (χ4n) is 1.20. The van der Waals surface area contributed by atoms with E-state index in [0.29, 0.717) is 0 Å². The Hall–Kier alpha value is -2.00. The van der Waals surface area contributed by atoms with E-state index >= 15 is 0 Å². The maximum atomic E-state index is 13.5. The molecule has 0 aliphatic rings. The highest BCUT2D eigenvalue weighted by Crippen LogP contribution is 2.35. The molecule has 1 rings (SSSR count). The predicted molar refractivity (Wildman–Crippen MR) is 47.2 cm³/mol. The highest BCUT2D eigenvalue weighted by atomic mass is 19.4. The van der Waals surface area contributed by atoms with E-state index in [0.717, 1.165) is 0 Å². The molecule has 0 amide bonds. The Morgan fingerprint density at radius 1 is 1.42 bits per heavy atom. The zero-order valence-electron chi connectivity index (χ0n) is 8.84. The number of ether oxygens (including phenoxy) is 1. The number of carboxylic acids is 1. The summed E-state index contributed by atoms with van der Waals surface area (Å²) in [6, 6.07) is 0. The normalized spacial score (nSPS) is 11.7. The largest absolute Gasteiger partial charge is 0.573 e. The molecule has 0 unspecified atom stereocenters. The molecule has 0 fully saturated rings. The third-order valence-electron chi connectivity index (χ3n) is 1.86. The SMILES string of the molecule is O=C(O)Cc1ncc(OC(F)(F)F)c(C(F)F)c1F. The molecule has 1 aromatic heterocycles. The van der Waals surface area contributed by atoms with E-state index in [4.69, 9.17) is 5.11 Å². The van der Waals surface area contributed by atoms with Gasteiger partial charge in [0.05, 0.1) is 23.9 Å². The first kappa shape index (κ1) is 15.1. The van der Waals surface area contributed by atoms with Gasteiger partial charge in [0.15, 0.2) is 11.6 Å². The number of aliphatic carboxylic acids is 1. The van der Waals surface area contributed by atoms with Crippen molar-refractivity contribution in [3.05, 3.63) is 23.3 Å². The van der Waals surface area contributed by atoms with Gasteiger partial charge in [-0.1, -0.05) is 0 Å². The lowest BCUT2D eigenvalue weighted by molar-refractivity contribution is -0.275. The monoisotopic (exact) mass is 289 g/mol. The summed E-state index contributed by atoms with van der Waals surface area (Å²) < 4.78 is 77.5. The molecule has 0 aliphatic heterocycles. The van der Waals surface area contributed by atoms with Crippen molar-refractivity contribution in [1.82, 2.24) is 4.98 Å². The molecular formula is C9H5F6NO3. The molecule has 0 aliphatic carbocycles. The van der Waals surface area contributed by atoms with Crippen LogP contribution in [0.15, 0.2) is 6.20 Å². The summed E-state index contributed by atoms with van der Waals surface area (Å²) >= 11 is 0. The summed E-state index contributed by atoms with van der Waals surface area (Å²) in [4.78, 5) is 13.3. The fourth-order valence-corrected chi connectivity index (χ4v) is 1.20. The summed E-state index contributed by atoms with van der Waals surface area (Å²) in [5.41, 5.74) is -2.58. The molecule has 4 nitrogen and oxygen atoms in total. The highest BCUT2D eigenvalue weighted by molar-refractivity contribution is 5.69. The van der Waals surface area contributed by atoms with Crippen LogP contribution >= 0.6 is 0 Å². The van der Waals surface area contributed by atoms with E-state index in [1.807, 2.05) is 0 Å². The first-order chi connectivity index (χ1) is 8.61. The van der Waals surface area contributed by atoms with Crippen LogP contribution in [0, 0.1) is 5.82 Å². The van der Waals surface area contributed by atoms with E-state index in [1.54, 1.807) is 0 Å². The van der Waals surface area contributed by atoms with Crippen LogP contribution in [0.25, 0.3) is 0 Å². The van der Waals surface area contributed by atoms with Crippen LogP contribution in [0.1, 0.15) is 17.7 Å². The molecule has 10 heteroatoms. The minimum atomic E-state index is -5.30. The van der Waals surface area contributed by atoms with Crippen LogP contribution in [-0.4, -0.2) is 22.4 Å². The standard InChI is InChI=1S/C9H5F6NO3/c10-7-3(1-5(17)18)16-2-4(6(7)8(11)12)19-9(13,14)15/h2,8H,1H2,(H,17,18). The predicted octanol–water partition coefficient (Wildman–Crippen LogP) is 2.68. The Balaban J connectivity index is 3.27. The highest BCUT2D eigenvalue weighted by Gasteiger charge is 2.35. The van der Waals surface area contributed by atoms with Crippen molar-refractivity contribution in [2.75, 3.05) is 0 Å². The third-order valence-corrected chi connectivity index (χ3v) is 1.86. The smallest absolute Gasteiger partial charge is 0.481 e. The van der Waals surface area contributed by atoms with Gasteiger partial charge >= 0.3 is 12.3 Å². The van der Waals surface area contributed by atoms with Crippen molar-refractivity contribution in [2.24, 2.45) is 0 Å². The molecule has 0 atom stereocenters. The molecule has 0 saturated carbocycles. The molecule has 1 heterocycles. The van der Waals surface area contributed by atoms with Crippen molar-refractivity contribution in [3.63, 3.8) is 0 Å². The Morgan fingerprint density at radius 3 is 2.42 bits per heavy atom. The zero-order valence-corrected chi connectivity index (χ0v) is 8.84. The molecular weight excluding hydrogens is 284 g/mol. The van der Waals surface area contributed by atoms with E-state index in [2.05, 4.69) is 9.72 Å². The second-order valence-electron chi connectivity index (χ2n) is 3.22. The second kappa shape index (κ2) is 5.33. The third kappa shape index (κ3) is 4.00. The molecule has 0 aromatic carbocycles. The van der Waals surface area contributed by atoms with Crippen LogP contribution in [-0.2, 0) is 11.2 Å². The number of pyridine rings is 1. The Labute approximate surface area is 101 Å². The Kier molecular flexibility index (Phi) is 4.22.